The van der Waals surface area contributed by atoms with E-state index in [-0.39, 0.29) is 18.5 Å². The van der Waals surface area contributed by atoms with Crippen LogP contribution in [0.15, 0.2) is 4.99 Å². The Balaban J connectivity index is 2.65. The molecule has 1 aliphatic heterocycles. The summed E-state index contributed by atoms with van der Waals surface area (Å²) in [5.74, 6) is 1.12. The van der Waals surface area contributed by atoms with Crippen LogP contribution in [0.5, 0.6) is 0 Å². The molecule has 0 aromatic rings. The predicted molar refractivity (Wildman–Crippen MR) is 119 cm³/mol. The number of amides is 2. The number of carbonyl (C=O) groups excluding carboxylic acids is 2. The Hall–Kier alpha value is -2.03. The average molecular weight is 428 g/mol. The summed E-state index contributed by atoms with van der Waals surface area (Å²) in [7, 11) is 5.11. The maximum atomic E-state index is 12.4. The Labute approximate surface area is 181 Å². The monoisotopic (exact) mass is 427 g/mol. The van der Waals surface area contributed by atoms with Gasteiger partial charge in [-0.2, -0.15) is 0 Å². The molecular weight excluding hydrogens is 386 g/mol. The molecule has 9 heteroatoms. The Bertz CT molecular complexity index is 566. The van der Waals surface area contributed by atoms with Crippen LogP contribution in [0.2, 0.25) is 0 Å². The van der Waals surface area contributed by atoms with Crippen molar-refractivity contribution >= 4 is 18.0 Å². The van der Waals surface area contributed by atoms with Crippen LogP contribution in [0.1, 0.15) is 40.5 Å². The first-order chi connectivity index (χ1) is 14.1. The summed E-state index contributed by atoms with van der Waals surface area (Å²) in [6.07, 6.45) is 1.65. The lowest BCUT2D eigenvalue weighted by Gasteiger charge is -2.36. The highest BCUT2D eigenvalue weighted by Crippen LogP contribution is 2.20. The Morgan fingerprint density at radius 1 is 1.20 bits per heavy atom. The lowest BCUT2D eigenvalue weighted by atomic mass is 9.96. The van der Waals surface area contributed by atoms with Crippen molar-refractivity contribution in [2.45, 2.75) is 46.1 Å². The van der Waals surface area contributed by atoms with E-state index in [4.69, 9.17) is 9.47 Å². The van der Waals surface area contributed by atoms with Crippen LogP contribution >= 0.6 is 0 Å². The predicted octanol–water partition coefficient (Wildman–Crippen LogP) is 1.64. The van der Waals surface area contributed by atoms with Crippen LogP contribution in [0, 0.1) is 5.92 Å². The van der Waals surface area contributed by atoms with Gasteiger partial charge >= 0.3 is 6.09 Å². The van der Waals surface area contributed by atoms with Gasteiger partial charge in [-0.3, -0.25) is 4.79 Å². The number of ether oxygens (including phenoxy) is 2. The van der Waals surface area contributed by atoms with E-state index in [1.54, 1.807) is 31.0 Å². The average Bonchev–Trinajstić information content (AvgIpc) is 2.67. The fraction of sp³-hybridized carbons (Fsp3) is 0.857. The number of nitrogens with one attached hydrogen (secondary N) is 1. The molecule has 174 valence electrons. The quantitative estimate of drug-likeness (QED) is 0.360. The number of likely N-dealkylation sites (N-methyl/N-ethyl adjacent to an activating group) is 1. The summed E-state index contributed by atoms with van der Waals surface area (Å²) in [5.41, 5.74) is -0.489. The van der Waals surface area contributed by atoms with Gasteiger partial charge in [-0.25, -0.2) is 9.79 Å². The van der Waals surface area contributed by atoms with E-state index in [1.165, 1.54) is 0 Å². The van der Waals surface area contributed by atoms with E-state index < -0.39 is 5.60 Å². The van der Waals surface area contributed by atoms with Crippen LogP contribution < -0.4 is 5.32 Å². The molecular formula is C21H41N5O4. The van der Waals surface area contributed by atoms with Crippen molar-refractivity contribution < 1.29 is 19.1 Å². The zero-order valence-corrected chi connectivity index (χ0v) is 19.9. The highest BCUT2D eigenvalue weighted by atomic mass is 16.6. The molecule has 0 spiro atoms. The number of piperidine rings is 1. The second-order valence-electron chi connectivity index (χ2n) is 8.80. The summed E-state index contributed by atoms with van der Waals surface area (Å²) in [5, 5.41) is 3.29. The Morgan fingerprint density at radius 3 is 2.33 bits per heavy atom. The molecule has 0 unspecified atom stereocenters. The van der Waals surface area contributed by atoms with Crippen molar-refractivity contribution in [3.05, 3.63) is 0 Å². The molecule has 1 N–H and O–H groups in total. The van der Waals surface area contributed by atoms with Gasteiger partial charge in [0.15, 0.2) is 5.96 Å². The molecule has 0 aromatic carbocycles. The first-order valence-corrected chi connectivity index (χ1v) is 10.8. The lowest BCUT2D eigenvalue weighted by Crippen LogP contribution is -2.48. The Morgan fingerprint density at radius 2 is 1.83 bits per heavy atom. The summed E-state index contributed by atoms with van der Waals surface area (Å²) < 4.78 is 10.6. The number of aliphatic imine (C=N–C) groups is 1. The second kappa shape index (κ2) is 12.6. The molecule has 2 amide bonds. The summed E-state index contributed by atoms with van der Waals surface area (Å²) in [6, 6.07) is 0. The zero-order chi connectivity index (χ0) is 22.7. The summed E-state index contributed by atoms with van der Waals surface area (Å²) >= 11 is 0. The van der Waals surface area contributed by atoms with E-state index in [9.17, 15) is 9.59 Å². The third-order valence-corrected chi connectivity index (χ3v) is 4.88. The molecule has 9 nitrogen and oxygen atoms in total. The fourth-order valence-electron chi connectivity index (χ4n) is 3.11. The molecule has 1 heterocycles. The maximum absolute atomic E-state index is 12.4. The van der Waals surface area contributed by atoms with Gasteiger partial charge in [0.05, 0.1) is 6.61 Å². The van der Waals surface area contributed by atoms with Crippen LogP contribution in [-0.4, -0.2) is 105 Å². The molecule has 0 aromatic heterocycles. The molecule has 1 aliphatic rings. The van der Waals surface area contributed by atoms with Crippen LogP contribution in [0.4, 0.5) is 4.79 Å². The second-order valence-corrected chi connectivity index (χ2v) is 8.80. The normalized spacial score (nSPS) is 15.7. The molecule has 0 saturated carbocycles. The number of carbonyl (C=O) groups is 2. The van der Waals surface area contributed by atoms with E-state index in [0.29, 0.717) is 32.2 Å². The van der Waals surface area contributed by atoms with Crippen molar-refractivity contribution in [3.63, 3.8) is 0 Å². The number of likely N-dealkylation sites (tertiary alicyclic amines) is 1. The fourth-order valence-corrected chi connectivity index (χ4v) is 3.11. The molecule has 1 rings (SSSR count). The third-order valence-electron chi connectivity index (χ3n) is 4.88. The molecule has 0 radical (unpaired) electrons. The maximum Gasteiger partial charge on any atom is 0.410 e. The van der Waals surface area contributed by atoms with Crippen LogP contribution in [0.3, 0.4) is 0 Å². The van der Waals surface area contributed by atoms with Gasteiger partial charge in [-0.1, -0.05) is 0 Å². The molecule has 0 atom stereocenters. The third kappa shape index (κ3) is 9.65. The topological polar surface area (TPSA) is 86.7 Å². The SMILES string of the molecule is CCN(CC1CCN(C(=NCC(=O)N(C)C)NCCOC)CC1)C(=O)OC(C)(C)C. The Kier molecular flexibility index (Phi) is 10.9. The minimum Gasteiger partial charge on any atom is -0.444 e. The van der Waals surface area contributed by atoms with Crippen molar-refractivity contribution in [3.8, 4) is 0 Å². The number of rotatable bonds is 8. The molecule has 0 bridgehead atoms. The highest BCUT2D eigenvalue weighted by Gasteiger charge is 2.27. The molecule has 30 heavy (non-hydrogen) atoms. The van der Waals surface area contributed by atoms with Crippen molar-refractivity contribution in [2.75, 3.05) is 67.1 Å². The summed E-state index contributed by atoms with van der Waals surface area (Å²) in [6.45, 7) is 11.9. The van der Waals surface area contributed by atoms with Gasteiger partial charge in [-0.15, -0.1) is 0 Å². The van der Waals surface area contributed by atoms with Gasteiger partial charge in [0.1, 0.15) is 12.1 Å². The highest BCUT2D eigenvalue weighted by molar-refractivity contribution is 5.84. The number of guanidine groups is 1. The van der Waals surface area contributed by atoms with E-state index in [2.05, 4.69) is 15.2 Å². The lowest BCUT2D eigenvalue weighted by molar-refractivity contribution is -0.127. The van der Waals surface area contributed by atoms with Crippen molar-refractivity contribution in [1.29, 1.82) is 0 Å². The van der Waals surface area contributed by atoms with Gasteiger partial charge < -0.3 is 29.5 Å². The standard InChI is InChI=1S/C21H41N5O4/c1-8-25(20(28)30-21(2,3)4)16-17-9-12-26(13-10-17)19(22-11-14-29-7)23-15-18(27)24(5)6/h17H,8-16H2,1-7H3,(H,22,23). The van der Waals surface area contributed by atoms with E-state index >= 15 is 0 Å². The number of methoxy groups -OCH3 is 1. The number of hydrogen-bond donors (Lipinski definition) is 1. The molecule has 0 aliphatic carbocycles. The van der Waals surface area contributed by atoms with Crippen LogP contribution in [0.25, 0.3) is 0 Å². The largest absolute Gasteiger partial charge is 0.444 e. The van der Waals surface area contributed by atoms with Crippen molar-refractivity contribution in [1.82, 2.24) is 20.0 Å². The van der Waals surface area contributed by atoms with E-state index in [0.717, 1.165) is 31.9 Å². The minimum atomic E-state index is -0.489. The van der Waals surface area contributed by atoms with Gasteiger partial charge in [-0.05, 0) is 46.5 Å². The van der Waals surface area contributed by atoms with E-state index in [1.807, 2.05) is 27.7 Å². The van der Waals surface area contributed by atoms with Gasteiger partial charge in [0.25, 0.3) is 0 Å². The smallest absolute Gasteiger partial charge is 0.410 e. The van der Waals surface area contributed by atoms with Crippen molar-refractivity contribution in [2.24, 2.45) is 10.9 Å². The first kappa shape index (κ1) is 26.0. The van der Waals surface area contributed by atoms with Gasteiger partial charge in [0.2, 0.25) is 5.91 Å². The summed E-state index contributed by atoms with van der Waals surface area (Å²) in [4.78, 5) is 34.3. The van der Waals surface area contributed by atoms with Crippen LogP contribution in [-0.2, 0) is 14.3 Å². The zero-order valence-electron chi connectivity index (χ0n) is 19.9. The molecule has 1 saturated heterocycles. The number of hydrogen-bond acceptors (Lipinski definition) is 5. The minimum absolute atomic E-state index is 0.0353. The molecule has 1 fully saturated rings. The van der Waals surface area contributed by atoms with Gasteiger partial charge in [0, 0.05) is 53.9 Å². The number of nitrogens with zero attached hydrogens (tertiary/aromatic N) is 4. The first-order valence-electron chi connectivity index (χ1n) is 10.8.